The molecule has 0 radical (unpaired) electrons. The van der Waals surface area contributed by atoms with Gasteiger partial charge in [-0.2, -0.15) is 0 Å². The lowest BCUT2D eigenvalue weighted by Gasteiger charge is -2.10. The first-order valence-corrected chi connectivity index (χ1v) is 7.98. The summed E-state index contributed by atoms with van der Waals surface area (Å²) in [6.45, 7) is 1.33. The van der Waals surface area contributed by atoms with Crippen LogP contribution in [0.2, 0.25) is 10.0 Å². The molecule has 1 N–H and O–H groups in total. The number of hydrogen-bond donors (Lipinski definition) is 1. The molecule has 0 unspecified atom stereocenters. The maximum atomic E-state index is 13.5. The van der Waals surface area contributed by atoms with E-state index < -0.39 is 11.7 Å². The lowest BCUT2D eigenvalue weighted by molar-refractivity contribution is -0.118. The van der Waals surface area contributed by atoms with E-state index in [0.29, 0.717) is 32.2 Å². The Kier molecular flexibility index (Phi) is 5.01. The molecule has 0 fully saturated rings. The number of ether oxygens (including phenoxy) is 1. The zero-order valence-corrected chi connectivity index (χ0v) is 14.5. The maximum Gasteiger partial charge on any atom is 0.262 e. The molecule has 0 spiro atoms. The zero-order chi connectivity index (χ0) is 18.0. The molecule has 0 aliphatic heterocycles. The molecule has 2 aromatic carbocycles. The number of carbonyl (C=O) groups excluding carboxylic acids is 1. The summed E-state index contributed by atoms with van der Waals surface area (Å²) in [5.74, 6) is -0.674. The highest BCUT2D eigenvalue weighted by Crippen LogP contribution is 2.30. The highest BCUT2D eigenvalue weighted by Gasteiger charge is 2.12. The van der Waals surface area contributed by atoms with Crippen molar-refractivity contribution in [2.45, 2.75) is 6.92 Å². The lowest BCUT2D eigenvalue weighted by Crippen LogP contribution is -2.20. The highest BCUT2D eigenvalue weighted by molar-refractivity contribution is 6.38. The van der Waals surface area contributed by atoms with E-state index in [-0.39, 0.29) is 12.5 Å². The fraction of sp³-hybridized carbons (Fsp3) is 0.118. The molecule has 128 valence electrons. The van der Waals surface area contributed by atoms with Crippen LogP contribution in [0, 0.1) is 12.7 Å². The molecule has 0 saturated heterocycles. The summed E-state index contributed by atoms with van der Waals surface area (Å²) >= 11 is 12.1. The maximum absolute atomic E-state index is 13.5. The van der Waals surface area contributed by atoms with Crippen LogP contribution >= 0.6 is 23.2 Å². The van der Waals surface area contributed by atoms with Crippen molar-refractivity contribution < 1.29 is 13.9 Å². The summed E-state index contributed by atoms with van der Waals surface area (Å²) in [7, 11) is 0. The number of anilines is 1. The standard InChI is InChI=1S/C17H12Cl2FN3O2/c1-9-2-3-11(6-14(9)20)23-15(24)7-25-17-12-4-10(18)5-13(19)16(12)21-8-22-17/h2-6,8H,7H2,1H3,(H,23,24). The molecule has 0 aliphatic rings. The van der Waals surface area contributed by atoms with Crippen LogP contribution in [0.4, 0.5) is 10.1 Å². The average Bonchev–Trinajstić information content (AvgIpc) is 2.56. The second-order valence-electron chi connectivity index (χ2n) is 5.26. The van der Waals surface area contributed by atoms with Crippen LogP contribution in [-0.2, 0) is 4.79 Å². The molecule has 1 aromatic heterocycles. The predicted octanol–water partition coefficient (Wildman–Crippen LogP) is 4.40. The van der Waals surface area contributed by atoms with E-state index in [2.05, 4.69) is 15.3 Å². The molecule has 3 aromatic rings. The number of carbonyl (C=O) groups is 1. The molecule has 5 nitrogen and oxygen atoms in total. The van der Waals surface area contributed by atoms with Crippen LogP contribution in [0.15, 0.2) is 36.7 Å². The average molecular weight is 380 g/mol. The molecule has 3 rings (SSSR count). The summed E-state index contributed by atoms with van der Waals surface area (Å²) in [5, 5.41) is 3.80. The molecule has 0 bridgehead atoms. The lowest BCUT2D eigenvalue weighted by atomic mass is 10.2. The number of fused-ring (bicyclic) bond motifs is 1. The number of nitrogens with one attached hydrogen (secondary N) is 1. The minimum Gasteiger partial charge on any atom is -0.467 e. The monoisotopic (exact) mass is 379 g/mol. The van der Waals surface area contributed by atoms with Crippen molar-refractivity contribution in [1.29, 1.82) is 0 Å². The van der Waals surface area contributed by atoms with Gasteiger partial charge in [-0.25, -0.2) is 14.4 Å². The molecule has 0 aliphatic carbocycles. The smallest absolute Gasteiger partial charge is 0.262 e. The molecule has 0 atom stereocenters. The van der Waals surface area contributed by atoms with Gasteiger partial charge >= 0.3 is 0 Å². The minimum absolute atomic E-state index is 0.180. The number of hydrogen-bond acceptors (Lipinski definition) is 4. The number of halogens is 3. The summed E-state index contributed by atoms with van der Waals surface area (Å²) in [4.78, 5) is 20.1. The number of aromatic nitrogens is 2. The van der Waals surface area contributed by atoms with Gasteiger partial charge in [0.1, 0.15) is 12.1 Å². The van der Waals surface area contributed by atoms with Gasteiger partial charge in [-0.1, -0.05) is 29.3 Å². The number of benzene rings is 2. The summed E-state index contributed by atoms with van der Waals surface area (Å²) in [6.07, 6.45) is 1.28. The topological polar surface area (TPSA) is 64.1 Å². The molecule has 1 heterocycles. The van der Waals surface area contributed by atoms with Gasteiger partial charge in [0.15, 0.2) is 6.61 Å². The van der Waals surface area contributed by atoms with Crippen LogP contribution in [0.5, 0.6) is 5.88 Å². The Labute approximate surface area is 152 Å². The van der Waals surface area contributed by atoms with Gasteiger partial charge in [-0.05, 0) is 36.8 Å². The third-order valence-corrected chi connectivity index (χ3v) is 3.92. The van der Waals surface area contributed by atoms with Crippen molar-refractivity contribution in [3.63, 3.8) is 0 Å². The second kappa shape index (κ2) is 7.21. The van der Waals surface area contributed by atoms with Gasteiger partial charge in [0.25, 0.3) is 5.91 Å². The Hall–Kier alpha value is -2.44. The number of nitrogens with zero attached hydrogens (tertiary/aromatic N) is 2. The van der Waals surface area contributed by atoms with Crippen LogP contribution in [0.25, 0.3) is 10.9 Å². The summed E-state index contributed by atoms with van der Waals surface area (Å²) in [5.41, 5.74) is 1.31. The highest BCUT2D eigenvalue weighted by atomic mass is 35.5. The first kappa shape index (κ1) is 17.4. The molecule has 0 saturated carbocycles. The van der Waals surface area contributed by atoms with E-state index in [0.717, 1.165) is 0 Å². The largest absolute Gasteiger partial charge is 0.467 e. The van der Waals surface area contributed by atoms with Gasteiger partial charge in [0, 0.05) is 10.7 Å². The first-order chi connectivity index (χ1) is 11.9. The van der Waals surface area contributed by atoms with Gasteiger partial charge in [-0.15, -0.1) is 0 Å². The van der Waals surface area contributed by atoms with Crippen molar-refractivity contribution in [2.24, 2.45) is 0 Å². The SMILES string of the molecule is Cc1ccc(NC(=O)COc2ncnc3c(Cl)cc(Cl)cc23)cc1F. The summed E-state index contributed by atoms with van der Waals surface area (Å²) in [6, 6.07) is 7.59. The minimum atomic E-state index is -0.455. The Morgan fingerprint density at radius 3 is 2.80 bits per heavy atom. The van der Waals surface area contributed by atoms with Crippen LogP contribution in [0.3, 0.4) is 0 Å². The van der Waals surface area contributed by atoms with Gasteiger partial charge < -0.3 is 10.1 Å². The van der Waals surface area contributed by atoms with Crippen molar-refractivity contribution in [1.82, 2.24) is 9.97 Å². The van der Waals surface area contributed by atoms with E-state index in [9.17, 15) is 9.18 Å². The normalized spacial score (nSPS) is 10.7. The first-order valence-electron chi connectivity index (χ1n) is 7.22. The van der Waals surface area contributed by atoms with E-state index in [1.165, 1.54) is 12.4 Å². The third kappa shape index (κ3) is 3.97. The van der Waals surface area contributed by atoms with Crippen molar-refractivity contribution in [3.05, 3.63) is 58.1 Å². The molecule has 8 heteroatoms. The van der Waals surface area contributed by atoms with Gasteiger partial charge in [-0.3, -0.25) is 4.79 Å². The van der Waals surface area contributed by atoms with Crippen LogP contribution in [-0.4, -0.2) is 22.5 Å². The molecule has 1 amide bonds. The second-order valence-corrected chi connectivity index (χ2v) is 6.11. The molecular formula is C17H12Cl2FN3O2. The predicted molar refractivity (Wildman–Crippen MR) is 94.8 cm³/mol. The third-order valence-electron chi connectivity index (χ3n) is 3.42. The Balaban J connectivity index is 1.74. The van der Waals surface area contributed by atoms with Crippen molar-refractivity contribution >= 4 is 45.7 Å². The molecule has 25 heavy (non-hydrogen) atoms. The number of amides is 1. The quantitative estimate of drug-likeness (QED) is 0.729. The number of rotatable bonds is 4. The fourth-order valence-corrected chi connectivity index (χ4v) is 2.73. The number of aryl methyl sites for hydroxylation is 1. The van der Waals surface area contributed by atoms with E-state index in [1.807, 2.05) is 0 Å². The van der Waals surface area contributed by atoms with Crippen molar-refractivity contribution in [2.75, 3.05) is 11.9 Å². The fourth-order valence-electron chi connectivity index (χ4n) is 2.19. The van der Waals surface area contributed by atoms with E-state index >= 15 is 0 Å². The Morgan fingerprint density at radius 1 is 1.24 bits per heavy atom. The Bertz CT molecular complexity index is 966. The Morgan fingerprint density at radius 2 is 2.04 bits per heavy atom. The van der Waals surface area contributed by atoms with E-state index in [1.54, 1.807) is 31.2 Å². The van der Waals surface area contributed by atoms with Crippen molar-refractivity contribution in [3.8, 4) is 5.88 Å². The van der Waals surface area contributed by atoms with Gasteiger partial charge in [0.05, 0.1) is 15.9 Å². The van der Waals surface area contributed by atoms with Gasteiger partial charge in [0.2, 0.25) is 5.88 Å². The zero-order valence-electron chi connectivity index (χ0n) is 13.0. The van der Waals surface area contributed by atoms with Crippen LogP contribution < -0.4 is 10.1 Å². The van der Waals surface area contributed by atoms with Crippen LogP contribution in [0.1, 0.15) is 5.56 Å². The van der Waals surface area contributed by atoms with E-state index in [4.69, 9.17) is 27.9 Å². The molecular weight excluding hydrogens is 368 g/mol. The summed E-state index contributed by atoms with van der Waals surface area (Å²) < 4.78 is 18.9.